The minimum atomic E-state index is -0.278. The summed E-state index contributed by atoms with van der Waals surface area (Å²) in [6.45, 7) is 4.04. The van der Waals surface area contributed by atoms with E-state index in [4.69, 9.17) is 0 Å². The minimum absolute atomic E-state index is 0.0898. The number of nitrogens with one attached hydrogen (secondary N) is 1. The van der Waals surface area contributed by atoms with E-state index in [0.717, 1.165) is 19.3 Å². The maximum absolute atomic E-state index is 11.8. The third kappa shape index (κ3) is 4.34. The molecule has 3 N–H and O–H groups in total. The number of carbonyl (C=O) groups is 1. The zero-order chi connectivity index (χ0) is 12.8. The molecule has 0 saturated carbocycles. The highest BCUT2D eigenvalue weighted by molar-refractivity contribution is 5.95. The van der Waals surface area contributed by atoms with E-state index in [2.05, 4.69) is 12.2 Å². The van der Waals surface area contributed by atoms with Crippen LogP contribution in [0.15, 0.2) is 18.2 Å². The summed E-state index contributed by atoms with van der Waals surface area (Å²) in [4.78, 5) is 11.8. The molecular weight excluding hydrogens is 218 g/mol. The van der Waals surface area contributed by atoms with Crippen LogP contribution < -0.4 is 5.32 Å². The average molecular weight is 237 g/mol. The molecule has 0 aromatic heterocycles. The topological polar surface area (TPSA) is 69.6 Å². The first-order valence-electron chi connectivity index (χ1n) is 5.86. The Morgan fingerprint density at radius 2 is 1.88 bits per heavy atom. The molecule has 1 atom stereocenters. The number of unbranched alkanes of at least 4 members (excludes halogenated alkanes) is 1. The molecule has 0 radical (unpaired) electrons. The van der Waals surface area contributed by atoms with Crippen LogP contribution in [0.2, 0.25) is 0 Å². The van der Waals surface area contributed by atoms with E-state index in [1.54, 1.807) is 0 Å². The van der Waals surface area contributed by atoms with Crippen molar-refractivity contribution in [2.24, 2.45) is 0 Å². The van der Waals surface area contributed by atoms with Crippen LogP contribution >= 0.6 is 0 Å². The molecule has 1 aromatic carbocycles. The number of amides is 1. The van der Waals surface area contributed by atoms with Gasteiger partial charge in [-0.15, -0.1) is 0 Å². The lowest BCUT2D eigenvalue weighted by Gasteiger charge is -2.13. The number of phenols is 2. The van der Waals surface area contributed by atoms with Crippen LogP contribution in [0.1, 0.15) is 43.5 Å². The molecule has 4 nitrogen and oxygen atoms in total. The lowest BCUT2D eigenvalue weighted by molar-refractivity contribution is 0.0937. The van der Waals surface area contributed by atoms with Crippen LogP contribution in [0.25, 0.3) is 0 Å². The highest BCUT2D eigenvalue weighted by atomic mass is 16.3. The molecule has 94 valence electrons. The molecular formula is C13H19NO3. The summed E-state index contributed by atoms with van der Waals surface area (Å²) in [6, 6.07) is 3.95. The predicted octanol–water partition coefficient (Wildman–Crippen LogP) is 2.41. The van der Waals surface area contributed by atoms with Gasteiger partial charge in [0.1, 0.15) is 11.5 Å². The van der Waals surface area contributed by atoms with Gasteiger partial charge in [0.05, 0.1) is 0 Å². The van der Waals surface area contributed by atoms with E-state index in [0.29, 0.717) is 0 Å². The van der Waals surface area contributed by atoms with Gasteiger partial charge in [0.15, 0.2) is 0 Å². The average Bonchev–Trinajstić information content (AvgIpc) is 2.25. The molecule has 0 saturated heterocycles. The fraction of sp³-hybridized carbons (Fsp3) is 0.462. The Balaban J connectivity index is 2.63. The molecule has 0 aliphatic heterocycles. The van der Waals surface area contributed by atoms with Gasteiger partial charge in [0, 0.05) is 17.7 Å². The van der Waals surface area contributed by atoms with Gasteiger partial charge in [0.25, 0.3) is 5.91 Å². The van der Waals surface area contributed by atoms with Gasteiger partial charge in [-0.05, 0) is 25.5 Å². The Hall–Kier alpha value is -1.71. The predicted molar refractivity (Wildman–Crippen MR) is 66.2 cm³/mol. The van der Waals surface area contributed by atoms with E-state index in [1.807, 2.05) is 6.92 Å². The number of rotatable bonds is 5. The van der Waals surface area contributed by atoms with Gasteiger partial charge in [-0.3, -0.25) is 4.79 Å². The van der Waals surface area contributed by atoms with Crippen molar-refractivity contribution in [2.45, 2.75) is 39.2 Å². The minimum Gasteiger partial charge on any atom is -0.508 e. The first-order chi connectivity index (χ1) is 8.02. The van der Waals surface area contributed by atoms with Crippen molar-refractivity contribution in [3.8, 4) is 11.5 Å². The smallest absolute Gasteiger partial charge is 0.251 e. The fourth-order valence-electron chi connectivity index (χ4n) is 1.62. The molecule has 0 spiro atoms. The molecule has 1 unspecified atom stereocenters. The van der Waals surface area contributed by atoms with Gasteiger partial charge in [-0.1, -0.05) is 19.8 Å². The second kappa shape index (κ2) is 6.13. The first-order valence-corrected chi connectivity index (χ1v) is 5.86. The van der Waals surface area contributed by atoms with Gasteiger partial charge in [-0.25, -0.2) is 0 Å². The first kappa shape index (κ1) is 13.4. The molecule has 1 rings (SSSR count). The quantitative estimate of drug-likeness (QED) is 0.736. The van der Waals surface area contributed by atoms with Gasteiger partial charge in [-0.2, -0.15) is 0 Å². The van der Waals surface area contributed by atoms with Crippen LogP contribution in [0, 0.1) is 0 Å². The number of hydrogen-bond acceptors (Lipinski definition) is 3. The van der Waals surface area contributed by atoms with Gasteiger partial charge < -0.3 is 15.5 Å². The lowest BCUT2D eigenvalue weighted by atomic mass is 10.1. The number of phenolic OH excluding ortho intramolecular Hbond substituents is 2. The Bertz CT molecular complexity index is 370. The normalized spacial score (nSPS) is 12.1. The SMILES string of the molecule is CCCCC(C)NC(=O)c1cc(O)cc(O)c1. The Morgan fingerprint density at radius 1 is 1.29 bits per heavy atom. The summed E-state index contributed by atoms with van der Waals surface area (Å²) in [7, 11) is 0. The van der Waals surface area contributed by atoms with Crippen LogP contribution in [0.4, 0.5) is 0 Å². The second-order valence-corrected chi connectivity index (χ2v) is 4.25. The molecule has 0 bridgehead atoms. The summed E-state index contributed by atoms with van der Waals surface area (Å²) in [6.07, 6.45) is 3.08. The number of benzene rings is 1. The fourth-order valence-corrected chi connectivity index (χ4v) is 1.62. The number of hydrogen-bond donors (Lipinski definition) is 3. The van der Waals surface area contributed by atoms with E-state index >= 15 is 0 Å². The van der Waals surface area contributed by atoms with Crippen molar-refractivity contribution in [3.05, 3.63) is 23.8 Å². The molecule has 0 heterocycles. The van der Waals surface area contributed by atoms with Crippen LogP contribution in [0.3, 0.4) is 0 Å². The summed E-state index contributed by atoms with van der Waals surface area (Å²) in [5.41, 5.74) is 0.269. The molecule has 1 aromatic rings. The van der Waals surface area contributed by atoms with E-state index in [1.165, 1.54) is 18.2 Å². The Kier molecular flexibility index (Phi) is 4.82. The maximum atomic E-state index is 11.8. The highest BCUT2D eigenvalue weighted by Crippen LogP contribution is 2.20. The van der Waals surface area contributed by atoms with Crippen molar-refractivity contribution in [2.75, 3.05) is 0 Å². The number of aromatic hydroxyl groups is 2. The zero-order valence-electron chi connectivity index (χ0n) is 10.2. The third-order valence-corrected chi connectivity index (χ3v) is 2.53. The van der Waals surface area contributed by atoms with Gasteiger partial charge in [0.2, 0.25) is 0 Å². The molecule has 1 amide bonds. The number of carbonyl (C=O) groups excluding carboxylic acids is 1. The van der Waals surface area contributed by atoms with E-state index < -0.39 is 0 Å². The highest BCUT2D eigenvalue weighted by Gasteiger charge is 2.11. The van der Waals surface area contributed by atoms with Gasteiger partial charge >= 0.3 is 0 Å². The van der Waals surface area contributed by atoms with Crippen molar-refractivity contribution in [3.63, 3.8) is 0 Å². The summed E-state index contributed by atoms with van der Waals surface area (Å²) in [5, 5.41) is 21.4. The maximum Gasteiger partial charge on any atom is 0.251 e. The molecule has 0 aliphatic rings. The summed E-state index contributed by atoms with van der Waals surface area (Å²) >= 11 is 0. The third-order valence-electron chi connectivity index (χ3n) is 2.53. The van der Waals surface area contributed by atoms with E-state index in [-0.39, 0.29) is 29.0 Å². The Labute approximate surface area is 101 Å². The van der Waals surface area contributed by atoms with Crippen molar-refractivity contribution in [1.82, 2.24) is 5.32 Å². The molecule has 4 heteroatoms. The molecule has 17 heavy (non-hydrogen) atoms. The van der Waals surface area contributed by atoms with E-state index in [9.17, 15) is 15.0 Å². The largest absolute Gasteiger partial charge is 0.508 e. The van der Waals surface area contributed by atoms with Crippen LogP contribution in [-0.4, -0.2) is 22.2 Å². The zero-order valence-corrected chi connectivity index (χ0v) is 10.2. The molecule has 0 aliphatic carbocycles. The standard InChI is InChI=1S/C13H19NO3/c1-3-4-5-9(2)14-13(17)10-6-11(15)8-12(16)7-10/h6-9,15-16H,3-5H2,1-2H3,(H,14,17). The van der Waals surface area contributed by atoms with Crippen molar-refractivity contribution >= 4 is 5.91 Å². The Morgan fingerprint density at radius 3 is 2.41 bits per heavy atom. The molecule has 0 fully saturated rings. The second-order valence-electron chi connectivity index (χ2n) is 4.25. The van der Waals surface area contributed by atoms with Crippen molar-refractivity contribution in [1.29, 1.82) is 0 Å². The summed E-state index contributed by atoms with van der Waals surface area (Å²) in [5.74, 6) is -0.507. The van der Waals surface area contributed by atoms with Crippen molar-refractivity contribution < 1.29 is 15.0 Å². The van der Waals surface area contributed by atoms with Crippen LogP contribution in [0.5, 0.6) is 11.5 Å². The van der Waals surface area contributed by atoms with Crippen LogP contribution in [-0.2, 0) is 0 Å². The summed E-state index contributed by atoms with van der Waals surface area (Å²) < 4.78 is 0. The monoisotopic (exact) mass is 237 g/mol. The lowest BCUT2D eigenvalue weighted by Crippen LogP contribution is -2.32.